The topological polar surface area (TPSA) is 47.3 Å². The average molecular weight is 291 g/mol. The zero-order valence-electron chi connectivity index (χ0n) is 9.39. The minimum Gasteiger partial charge on any atom is -0.380 e. The van der Waals surface area contributed by atoms with Crippen LogP contribution in [0.15, 0.2) is 16.6 Å². The Kier molecular flexibility index (Phi) is 5.18. The summed E-state index contributed by atoms with van der Waals surface area (Å²) in [5, 5.41) is 2.98. The van der Waals surface area contributed by atoms with E-state index in [1.54, 1.807) is 19.2 Å². The Morgan fingerprint density at radius 3 is 2.81 bits per heavy atom. The Hall–Kier alpha value is -0.650. The van der Waals surface area contributed by atoms with Crippen LogP contribution in [-0.2, 0) is 11.3 Å². The molecule has 0 aliphatic rings. The van der Waals surface area contributed by atoms with Gasteiger partial charge in [-0.2, -0.15) is 0 Å². The Balaban J connectivity index is 2.78. The summed E-state index contributed by atoms with van der Waals surface area (Å²) in [6, 6.07) is 3.48. The lowest BCUT2D eigenvalue weighted by Crippen LogP contribution is -2.18. The second kappa shape index (κ2) is 6.18. The third-order valence-electron chi connectivity index (χ3n) is 2.36. The molecule has 0 bridgehead atoms. The number of benzene rings is 1. The van der Waals surface area contributed by atoms with Gasteiger partial charge in [0.15, 0.2) is 5.82 Å². The number of ether oxygens (including phenoxy) is 1. The predicted molar refractivity (Wildman–Crippen MR) is 67.0 cm³/mol. The lowest BCUT2D eigenvalue weighted by Gasteiger charge is -2.14. The van der Waals surface area contributed by atoms with Gasteiger partial charge in [0, 0.05) is 20.2 Å². The van der Waals surface area contributed by atoms with Crippen molar-refractivity contribution in [3.05, 3.63) is 28.0 Å². The molecule has 16 heavy (non-hydrogen) atoms. The van der Waals surface area contributed by atoms with Gasteiger partial charge in [0.2, 0.25) is 0 Å². The largest absolute Gasteiger partial charge is 0.380 e. The summed E-state index contributed by atoms with van der Waals surface area (Å²) >= 11 is 3.19. The van der Waals surface area contributed by atoms with Gasteiger partial charge in [-0.25, -0.2) is 4.39 Å². The normalized spacial score (nSPS) is 12.6. The van der Waals surface area contributed by atoms with Crippen molar-refractivity contribution in [3.8, 4) is 0 Å². The quantitative estimate of drug-likeness (QED) is 0.876. The van der Waals surface area contributed by atoms with E-state index in [1.807, 2.05) is 6.92 Å². The van der Waals surface area contributed by atoms with E-state index in [0.29, 0.717) is 23.2 Å². The molecule has 0 saturated carbocycles. The van der Waals surface area contributed by atoms with Gasteiger partial charge in [-0.3, -0.25) is 0 Å². The molecule has 90 valence electrons. The maximum absolute atomic E-state index is 13.8. The number of hydrogen-bond donors (Lipinski definition) is 2. The van der Waals surface area contributed by atoms with E-state index in [9.17, 15) is 4.39 Å². The maximum atomic E-state index is 13.8. The van der Waals surface area contributed by atoms with Gasteiger partial charge in [0.25, 0.3) is 0 Å². The van der Waals surface area contributed by atoms with Crippen LogP contribution in [-0.4, -0.2) is 19.8 Å². The van der Waals surface area contributed by atoms with Crippen LogP contribution in [0.2, 0.25) is 0 Å². The Morgan fingerprint density at radius 1 is 1.56 bits per heavy atom. The minimum atomic E-state index is -0.314. The van der Waals surface area contributed by atoms with Crippen molar-refractivity contribution in [3.63, 3.8) is 0 Å². The first-order chi connectivity index (χ1) is 7.60. The van der Waals surface area contributed by atoms with E-state index in [1.165, 1.54) is 0 Å². The summed E-state index contributed by atoms with van der Waals surface area (Å²) in [6.45, 7) is 2.78. The van der Waals surface area contributed by atoms with Crippen LogP contribution in [0.3, 0.4) is 0 Å². The Morgan fingerprint density at radius 2 is 2.25 bits per heavy atom. The fourth-order valence-electron chi connectivity index (χ4n) is 1.22. The number of nitrogens with two attached hydrogens (primary N) is 1. The molecule has 1 aromatic carbocycles. The molecule has 1 atom stereocenters. The molecule has 0 fully saturated rings. The molecular weight excluding hydrogens is 275 g/mol. The van der Waals surface area contributed by atoms with Crippen LogP contribution >= 0.6 is 15.9 Å². The summed E-state index contributed by atoms with van der Waals surface area (Å²) in [5.74, 6) is -0.314. The highest BCUT2D eigenvalue weighted by Crippen LogP contribution is 2.26. The first-order valence-corrected chi connectivity index (χ1v) is 5.83. The van der Waals surface area contributed by atoms with E-state index in [0.717, 1.165) is 5.56 Å². The smallest absolute Gasteiger partial charge is 0.160 e. The van der Waals surface area contributed by atoms with E-state index in [-0.39, 0.29) is 11.9 Å². The third kappa shape index (κ3) is 3.17. The third-order valence-corrected chi connectivity index (χ3v) is 3.22. The molecule has 1 unspecified atom stereocenters. The standard InChI is InChI=1S/C11H16BrFN2O/c1-7(16-2)6-15-9-4-3-8(5-14)10(12)11(9)13/h3-4,7,15H,5-6,14H2,1-2H3. The van der Waals surface area contributed by atoms with Crippen molar-refractivity contribution in [2.45, 2.75) is 19.6 Å². The van der Waals surface area contributed by atoms with Crippen LogP contribution in [0, 0.1) is 5.82 Å². The van der Waals surface area contributed by atoms with Crippen molar-refractivity contribution in [2.75, 3.05) is 19.0 Å². The summed E-state index contributed by atoms with van der Waals surface area (Å²) in [4.78, 5) is 0. The van der Waals surface area contributed by atoms with Gasteiger partial charge in [-0.1, -0.05) is 6.07 Å². The zero-order valence-corrected chi connectivity index (χ0v) is 11.0. The number of halogens is 2. The highest BCUT2D eigenvalue weighted by molar-refractivity contribution is 9.10. The van der Waals surface area contributed by atoms with Crippen molar-refractivity contribution >= 4 is 21.6 Å². The molecule has 0 spiro atoms. The first-order valence-electron chi connectivity index (χ1n) is 5.03. The number of methoxy groups -OCH3 is 1. The van der Waals surface area contributed by atoms with Crippen LogP contribution < -0.4 is 11.1 Å². The van der Waals surface area contributed by atoms with Crippen LogP contribution in [0.25, 0.3) is 0 Å². The second-order valence-corrected chi connectivity index (χ2v) is 4.32. The van der Waals surface area contributed by atoms with Crippen molar-refractivity contribution < 1.29 is 9.13 Å². The zero-order chi connectivity index (χ0) is 12.1. The van der Waals surface area contributed by atoms with Crippen molar-refractivity contribution in [2.24, 2.45) is 5.73 Å². The molecule has 0 radical (unpaired) electrons. The molecule has 0 aromatic heterocycles. The monoisotopic (exact) mass is 290 g/mol. The van der Waals surface area contributed by atoms with Crippen molar-refractivity contribution in [1.82, 2.24) is 0 Å². The predicted octanol–water partition coefficient (Wildman–Crippen LogP) is 2.49. The van der Waals surface area contributed by atoms with Gasteiger partial charge in [-0.05, 0) is 34.5 Å². The molecule has 0 aliphatic heterocycles. The molecule has 0 saturated heterocycles. The second-order valence-electron chi connectivity index (χ2n) is 3.53. The summed E-state index contributed by atoms with van der Waals surface area (Å²) in [5.41, 5.74) is 6.68. The van der Waals surface area contributed by atoms with Gasteiger partial charge < -0.3 is 15.8 Å². The van der Waals surface area contributed by atoms with Gasteiger partial charge in [0.05, 0.1) is 16.3 Å². The molecular formula is C11H16BrFN2O. The molecule has 5 heteroatoms. The molecule has 0 aliphatic carbocycles. The molecule has 1 rings (SSSR count). The molecule has 0 heterocycles. The number of rotatable bonds is 5. The fraction of sp³-hybridized carbons (Fsp3) is 0.455. The average Bonchev–Trinajstić information content (AvgIpc) is 2.30. The highest BCUT2D eigenvalue weighted by atomic mass is 79.9. The summed E-state index contributed by atoms with van der Waals surface area (Å²) in [6.07, 6.45) is 0.0346. The highest BCUT2D eigenvalue weighted by Gasteiger charge is 2.10. The molecule has 1 aromatic rings. The maximum Gasteiger partial charge on any atom is 0.160 e. The lowest BCUT2D eigenvalue weighted by molar-refractivity contribution is 0.128. The van der Waals surface area contributed by atoms with Crippen LogP contribution in [0.4, 0.5) is 10.1 Å². The number of anilines is 1. The first kappa shape index (κ1) is 13.4. The van der Waals surface area contributed by atoms with Crippen molar-refractivity contribution in [1.29, 1.82) is 0 Å². The van der Waals surface area contributed by atoms with E-state index in [4.69, 9.17) is 10.5 Å². The fourth-order valence-corrected chi connectivity index (χ4v) is 1.73. The minimum absolute atomic E-state index is 0.0346. The van der Waals surface area contributed by atoms with E-state index in [2.05, 4.69) is 21.2 Å². The Labute approximate surface area is 103 Å². The van der Waals surface area contributed by atoms with Gasteiger partial charge in [-0.15, -0.1) is 0 Å². The van der Waals surface area contributed by atoms with E-state index >= 15 is 0 Å². The SMILES string of the molecule is COC(C)CNc1ccc(CN)c(Br)c1F. The van der Waals surface area contributed by atoms with Crippen LogP contribution in [0.1, 0.15) is 12.5 Å². The van der Waals surface area contributed by atoms with Gasteiger partial charge in [0.1, 0.15) is 0 Å². The number of hydrogen-bond acceptors (Lipinski definition) is 3. The number of nitrogens with one attached hydrogen (secondary N) is 1. The lowest BCUT2D eigenvalue weighted by atomic mass is 10.2. The summed E-state index contributed by atoms with van der Waals surface area (Å²) < 4.78 is 19.3. The summed E-state index contributed by atoms with van der Waals surface area (Å²) in [7, 11) is 1.62. The molecule has 0 amide bonds. The van der Waals surface area contributed by atoms with Crippen LogP contribution in [0.5, 0.6) is 0 Å². The molecule has 3 N–H and O–H groups in total. The Bertz CT molecular complexity index is 360. The van der Waals surface area contributed by atoms with Gasteiger partial charge >= 0.3 is 0 Å². The van der Waals surface area contributed by atoms with E-state index < -0.39 is 0 Å². The molecule has 3 nitrogen and oxygen atoms in total.